The molecule has 6 heteroatoms. The van der Waals surface area contributed by atoms with Crippen LogP contribution in [0.3, 0.4) is 0 Å². The molecule has 1 saturated carbocycles. The zero-order valence-electron chi connectivity index (χ0n) is 13.1. The molecule has 0 aliphatic heterocycles. The molecule has 0 aromatic heterocycles. The average Bonchev–Trinajstić information content (AvgIpc) is 2.70. The van der Waals surface area contributed by atoms with Gasteiger partial charge in [-0.05, 0) is 56.3 Å². The topological polar surface area (TPSA) is 54.5 Å². The molecular formula is C16H22ClNO3S. The Balaban J connectivity index is 0.00000242. The van der Waals surface area contributed by atoms with Crippen molar-refractivity contribution in [3.8, 4) is 0 Å². The van der Waals surface area contributed by atoms with Crippen LogP contribution in [0.2, 0.25) is 0 Å². The lowest BCUT2D eigenvalue weighted by Gasteiger charge is -2.13. The molecule has 1 aromatic carbocycles. The normalized spacial score (nSPS) is 20.5. The molecule has 0 bridgehead atoms. The van der Waals surface area contributed by atoms with Gasteiger partial charge in [-0.2, -0.15) is 0 Å². The van der Waals surface area contributed by atoms with Crippen molar-refractivity contribution in [3.63, 3.8) is 0 Å². The zero-order chi connectivity index (χ0) is 15.6. The van der Waals surface area contributed by atoms with Crippen molar-refractivity contribution in [2.24, 2.45) is 5.92 Å². The van der Waals surface area contributed by atoms with Crippen LogP contribution in [0.5, 0.6) is 0 Å². The minimum Gasteiger partial charge on any atom is -0.309 e. The third-order valence-electron chi connectivity index (χ3n) is 3.68. The van der Waals surface area contributed by atoms with Gasteiger partial charge in [0.25, 0.3) is 0 Å². The van der Waals surface area contributed by atoms with Crippen LogP contribution < -0.4 is 0 Å². The van der Waals surface area contributed by atoms with Crippen LogP contribution in [0, 0.1) is 5.92 Å². The molecular weight excluding hydrogens is 322 g/mol. The van der Waals surface area contributed by atoms with Gasteiger partial charge in [0.2, 0.25) is 0 Å². The van der Waals surface area contributed by atoms with Crippen LogP contribution in [0.25, 0.3) is 6.08 Å². The zero-order valence-corrected chi connectivity index (χ0v) is 14.7. The van der Waals surface area contributed by atoms with Gasteiger partial charge in [0.1, 0.15) is 0 Å². The molecule has 0 spiro atoms. The maximum atomic E-state index is 12.3. The summed E-state index contributed by atoms with van der Waals surface area (Å²) < 4.78 is 22.8. The molecule has 2 rings (SSSR count). The summed E-state index contributed by atoms with van der Waals surface area (Å²) >= 11 is 0. The van der Waals surface area contributed by atoms with Crippen LogP contribution in [-0.2, 0) is 14.6 Å². The number of hydrogen-bond donors (Lipinski definition) is 0. The van der Waals surface area contributed by atoms with Crippen molar-refractivity contribution in [2.45, 2.75) is 17.7 Å². The van der Waals surface area contributed by atoms with Gasteiger partial charge in [-0.1, -0.05) is 12.1 Å². The molecule has 1 unspecified atom stereocenters. The van der Waals surface area contributed by atoms with Gasteiger partial charge in [-0.15, -0.1) is 12.4 Å². The van der Waals surface area contributed by atoms with Crippen molar-refractivity contribution in [1.29, 1.82) is 0 Å². The summed E-state index contributed by atoms with van der Waals surface area (Å²) in [5, 5.41) is 0. The number of hydrogen-bond acceptors (Lipinski definition) is 4. The number of nitrogens with zero attached hydrogens (tertiary/aromatic N) is 1. The molecule has 22 heavy (non-hydrogen) atoms. The molecule has 0 N–H and O–H groups in total. The van der Waals surface area contributed by atoms with E-state index >= 15 is 0 Å². The highest BCUT2D eigenvalue weighted by molar-refractivity contribution is 7.90. The number of benzene rings is 1. The minimum atomic E-state index is -3.17. The Morgan fingerprint density at radius 1 is 1.23 bits per heavy atom. The highest BCUT2D eigenvalue weighted by Gasteiger charge is 2.29. The fourth-order valence-electron chi connectivity index (χ4n) is 2.62. The summed E-state index contributed by atoms with van der Waals surface area (Å²) in [5.41, 5.74) is 1.71. The number of sulfone groups is 1. The van der Waals surface area contributed by atoms with Gasteiger partial charge in [-0.3, -0.25) is 4.79 Å². The van der Waals surface area contributed by atoms with Gasteiger partial charge < -0.3 is 4.90 Å². The first-order chi connectivity index (χ1) is 9.77. The standard InChI is InChI=1S/C16H21NO3S.ClH/c1-17(2)11-14-7-6-13(16(14)18)10-12-4-8-15(9-5-12)21(3,19)20;/h4-5,8-10,14H,6-7,11H2,1-3H3;1H/b13-10-;. The molecule has 1 aromatic rings. The summed E-state index contributed by atoms with van der Waals surface area (Å²) in [6, 6.07) is 6.66. The summed E-state index contributed by atoms with van der Waals surface area (Å²) in [4.78, 5) is 14.6. The third kappa shape index (κ3) is 4.66. The molecule has 1 atom stereocenters. The first kappa shape index (κ1) is 18.9. The fourth-order valence-corrected chi connectivity index (χ4v) is 3.25. The Morgan fingerprint density at radius 2 is 1.82 bits per heavy atom. The van der Waals surface area contributed by atoms with E-state index in [1.807, 2.05) is 25.1 Å². The van der Waals surface area contributed by atoms with Crippen molar-refractivity contribution in [3.05, 3.63) is 35.4 Å². The number of ketones is 1. The van der Waals surface area contributed by atoms with Gasteiger partial charge in [0.15, 0.2) is 15.6 Å². The second-order valence-corrected chi connectivity index (χ2v) is 7.89. The van der Waals surface area contributed by atoms with Crippen LogP contribution >= 0.6 is 12.4 Å². The quantitative estimate of drug-likeness (QED) is 0.788. The second-order valence-electron chi connectivity index (χ2n) is 5.87. The molecule has 1 aliphatic carbocycles. The predicted molar refractivity (Wildman–Crippen MR) is 91.1 cm³/mol. The number of halogens is 1. The van der Waals surface area contributed by atoms with Crippen LogP contribution in [-0.4, -0.2) is 46.0 Å². The highest BCUT2D eigenvalue weighted by atomic mass is 35.5. The lowest BCUT2D eigenvalue weighted by Crippen LogP contribution is -2.24. The minimum absolute atomic E-state index is 0. The first-order valence-electron chi connectivity index (χ1n) is 6.97. The smallest absolute Gasteiger partial charge is 0.175 e. The van der Waals surface area contributed by atoms with E-state index in [1.54, 1.807) is 24.3 Å². The van der Waals surface area contributed by atoms with E-state index in [1.165, 1.54) is 6.26 Å². The Labute approximate surface area is 138 Å². The molecule has 1 aliphatic rings. The summed E-state index contributed by atoms with van der Waals surface area (Å²) in [6.07, 6.45) is 4.76. The van der Waals surface area contributed by atoms with E-state index in [0.29, 0.717) is 4.90 Å². The van der Waals surface area contributed by atoms with E-state index in [4.69, 9.17) is 0 Å². The highest BCUT2D eigenvalue weighted by Crippen LogP contribution is 2.29. The van der Waals surface area contributed by atoms with Crippen LogP contribution in [0.15, 0.2) is 34.7 Å². The Morgan fingerprint density at radius 3 is 2.32 bits per heavy atom. The maximum Gasteiger partial charge on any atom is 0.175 e. The van der Waals surface area contributed by atoms with Crippen LogP contribution in [0.4, 0.5) is 0 Å². The SMILES string of the molecule is CN(C)CC1CC/C(=C/c2ccc(S(C)(=O)=O)cc2)C1=O.Cl. The van der Waals surface area contributed by atoms with Gasteiger partial charge in [0.05, 0.1) is 4.90 Å². The predicted octanol–water partition coefficient (Wildman–Crippen LogP) is 2.44. The molecule has 1 fully saturated rings. The monoisotopic (exact) mass is 343 g/mol. The van der Waals surface area contributed by atoms with Crippen molar-refractivity contribution >= 4 is 34.1 Å². The number of allylic oxidation sites excluding steroid dienone is 1. The fraction of sp³-hybridized carbons (Fsp3) is 0.438. The largest absolute Gasteiger partial charge is 0.309 e. The molecule has 0 radical (unpaired) electrons. The average molecular weight is 344 g/mol. The van der Waals surface area contributed by atoms with Crippen molar-refractivity contribution in [1.82, 2.24) is 4.90 Å². The van der Waals surface area contributed by atoms with E-state index in [-0.39, 0.29) is 24.1 Å². The second kappa shape index (κ2) is 7.40. The Bertz CT molecular complexity index is 663. The van der Waals surface area contributed by atoms with E-state index < -0.39 is 9.84 Å². The summed E-state index contributed by atoms with van der Waals surface area (Å²) in [6.45, 7) is 0.781. The van der Waals surface area contributed by atoms with E-state index in [2.05, 4.69) is 0 Å². The number of rotatable bonds is 4. The molecule has 0 amide bonds. The lowest BCUT2D eigenvalue weighted by atomic mass is 10.0. The van der Waals surface area contributed by atoms with Crippen LogP contribution in [0.1, 0.15) is 18.4 Å². The molecule has 4 nitrogen and oxygen atoms in total. The maximum absolute atomic E-state index is 12.3. The van der Waals surface area contributed by atoms with Crippen molar-refractivity contribution in [2.75, 3.05) is 26.9 Å². The third-order valence-corrected chi connectivity index (χ3v) is 4.81. The van der Waals surface area contributed by atoms with E-state index in [9.17, 15) is 13.2 Å². The van der Waals surface area contributed by atoms with Gasteiger partial charge >= 0.3 is 0 Å². The number of Topliss-reactive ketones (excluding diaryl/α,β-unsaturated/α-hetero) is 1. The Hall–Kier alpha value is -1.17. The lowest BCUT2D eigenvalue weighted by molar-refractivity contribution is -0.118. The van der Waals surface area contributed by atoms with Gasteiger partial charge in [-0.25, -0.2) is 8.42 Å². The number of carbonyl (C=O) groups is 1. The summed E-state index contributed by atoms with van der Waals surface area (Å²) in [7, 11) is 0.769. The molecule has 0 heterocycles. The van der Waals surface area contributed by atoms with Gasteiger partial charge in [0, 0.05) is 18.7 Å². The molecule has 122 valence electrons. The first-order valence-corrected chi connectivity index (χ1v) is 8.86. The number of carbonyl (C=O) groups excluding carboxylic acids is 1. The Kier molecular flexibility index (Phi) is 6.35. The molecule has 0 saturated heterocycles. The summed E-state index contributed by atoms with van der Waals surface area (Å²) in [5.74, 6) is 0.303. The van der Waals surface area contributed by atoms with Crippen molar-refractivity contribution < 1.29 is 13.2 Å². The van der Waals surface area contributed by atoms with E-state index in [0.717, 1.165) is 30.5 Å².